The summed E-state index contributed by atoms with van der Waals surface area (Å²) in [5, 5.41) is 0. The Hall–Kier alpha value is -1.54. The first kappa shape index (κ1) is 11.0. The number of nitrogens with zero attached hydrogens (tertiary/aromatic N) is 1. The third kappa shape index (κ3) is 2.52. The molecule has 0 saturated carbocycles. The highest BCUT2D eigenvalue weighted by Gasteiger charge is 2.01. The van der Waals surface area contributed by atoms with Gasteiger partial charge in [0.15, 0.2) is 0 Å². The summed E-state index contributed by atoms with van der Waals surface area (Å²) in [7, 11) is 0. The van der Waals surface area contributed by atoms with Gasteiger partial charge in [-0.05, 0) is 36.8 Å². The van der Waals surface area contributed by atoms with E-state index in [4.69, 9.17) is 16.3 Å². The van der Waals surface area contributed by atoms with E-state index < -0.39 is 0 Å². The minimum absolute atomic E-state index is 0.520. The van der Waals surface area contributed by atoms with Crippen LogP contribution in [0.15, 0.2) is 42.6 Å². The molecule has 0 aliphatic heterocycles. The van der Waals surface area contributed by atoms with E-state index >= 15 is 0 Å². The first-order valence-corrected chi connectivity index (χ1v) is 5.57. The topological polar surface area (TPSA) is 22.1 Å². The Morgan fingerprint density at radius 1 is 1.19 bits per heavy atom. The SMILES string of the molecule is Cc1ncccc1Oc1ccc(CCl)cc1. The molecule has 0 N–H and O–H groups in total. The number of rotatable bonds is 3. The smallest absolute Gasteiger partial charge is 0.148 e. The zero-order valence-electron chi connectivity index (χ0n) is 8.98. The van der Waals surface area contributed by atoms with Gasteiger partial charge in [-0.15, -0.1) is 11.6 Å². The maximum Gasteiger partial charge on any atom is 0.148 e. The van der Waals surface area contributed by atoms with Gasteiger partial charge in [-0.2, -0.15) is 0 Å². The summed E-state index contributed by atoms with van der Waals surface area (Å²) >= 11 is 5.71. The van der Waals surface area contributed by atoms with Gasteiger partial charge in [0.1, 0.15) is 11.5 Å². The Labute approximate surface area is 99.9 Å². The molecule has 0 atom stereocenters. The molecule has 1 aromatic heterocycles. The van der Waals surface area contributed by atoms with Gasteiger partial charge >= 0.3 is 0 Å². The Morgan fingerprint density at radius 3 is 2.56 bits per heavy atom. The largest absolute Gasteiger partial charge is 0.455 e. The van der Waals surface area contributed by atoms with Gasteiger partial charge in [-0.25, -0.2) is 0 Å². The zero-order valence-corrected chi connectivity index (χ0v) is 9.74. The van der Waals surface area contributed by atoms with Crippen LogP contribution >= 0.6 is 11.6 Å². The predicted octanol–water partition coefficient (Wildman–Crippen LogP) is 3.92. The molecule has 2 aromatic rings. The summed E-state index contributed by atoms with van der Waals surface area (Å²) in [6.45, 7) is 1.92. The number of aryl methyl sites for hydroxylation is 1. The molecule has 82 valence electrons. The summed E-state index contributed by atoms with van der Waals surface area (Å²) in [5.41, 5.74) is 1.96. The van der Waals surface area contributed by atoms with Gasteiger partial charge < -0.3 is 4.74 Å². The van der Waals surface area contributed by atoms with Gasteiger partial charge in [0.05, 0.1) is 5.69 Å². The van der Waals surface area contributed by atoms with Crippen LogP contribution in [0, 0.1) is 6.92 Å². The third-order valence-corrected chi connectivity index (χ3v) is 2.57. The quantitative estimate of drug-likeness (QED) is 0.750. The summed E-state index contributed by atoms with van der Waals surface area (Å²) in [4.78, 5) is 4.16. The zero-order chi connectivity index (χ0) is 11.4. The molecule has 0 aliphatic carbocycles. The monoisotopic (exact) mass is 233 g/mol. The fraction of sp³-hybridized carbons (Fsp3) is 0.154. The van der Waals surface area contributed by atoms with Gasteiger partial charge in [-0.3, -0.25) is 4.98 Å². The molecule has 1 aromatic carbocycles. The first-order valence-electron chi connectivity index (χ1n) is 5.04. The Balaban J connectivity index is 2.18. The molecular formula is C13H12ClNO. The Morgan fingerprint density at radius 2 is 1.94 bits per heavy atom. The lowest BCUT2D eigenvalue weighted by Crippen LogP contribution is -1.89. The van der Waals surface area contributed by atoms with Crippen molar-refractivity contribution in [1.82, 2.24) is 4.98 Å². The minimum atomic E-state index is 0.520. The lowest BCUT2D eigenvalue weighted by molar-refractivity contribution is 0.475. The molecule has 16 heavy (non-hydrogen) atoms. The van der Waals surface area contributed by atoms with Crippen LogP contribution in [0.4, 0.5) is 0 Å². The van der Waals surface area contributed by atoms with Crippen molar-refractivity contribution in [2.24, 2.45) is 0 Å². The molecule has 0 radical (unpaired) electrons. The number of ether oxygens (including phenoxy) is 1. The summed E-state index contributed by atoms with van der Waals surface area (Å²) < 4.78 is 5.70. The van der Waals surface area contributed by atoms with Crippen molar-refractivity contribution in [3.63, 3.8) is 0 Å². The van der Waals surface area contributed by atoms with Crippen molar-refractivity contribution in [1.29, 1.82) is 0 Å². The number of hydrogen-bond acceptors (Lipinski definition) is 2. The first-order chi connectivity index (χ1) is 7.79. The van der Waals surface area contributed by atoms with Gasteiger partial charge in [0.2, 0.25) is 0 Å². The molecule has 3 heteroatoms. The van der Waals surface area contributed by atoms with Crippen molar-refractivity contribution in [2.75, 3.05) is 0 Å². The molecule has 0 amide bonds. The third-order valence-electron chi connectivity index (χ3n) is 2.26. The molecule has 0 spiro atoms. The standard InChI is InChI=1S/C13H12ClNO/c1-10-13(3-2-8-15-10)16-12-6-4-11(9-14)5-7-12/h2-8H,9H2,1H3. The summed E-state index contributed by atoms with van der Waals surface area (Å²) in [6, 6.07) is 11.5. The Kier molecular flexibility index (Phi) is 3.42. The van der Waals surface area contributed by atoms with E-state index in [-0.39, 0.29) is 0 Å². The predicted molar refractivity (Wildman–Crippen MR) is 65.0 cm³/mol. The molecule has 2 rings (SSSR count). The molecule has 1 heterocycles. The summed E-state index contributed by atoms with van der Waals surface area (Å²) in [6.07, 6.45) is 1.75. The van der Waals surface area contributed by atoms with Crippen LogP contribution in [0.25, 0.3) is 0 Å². The van der Waals surface area contributed by atoms with Crippen LogP contribution < -0.4 is 4.74 Å². The van der Waals surface area contributed by atoms with Crippen LogP contribution in [0.2, 0.25) is 0 Å². The average molecular weight is 234 g/mol. The van der Waals surface area contributed by atoms with Crippen molar-refractivity contribution < 1.29 is 4.74 Å². The molecule has 0 saturated heterocycles. The van der Waals surface area contributed by atoms with Crippen molar-refractivity contribution >= 4 is 11.6 Å². The van der Waals surface area contributed by atoms with Crippen LogP contribution in [0.5, 0.6) is 11.5 Å². The molecule has 2 nitrogen and oxygen atoms in total. The maximum atomic E-state index is 5.71. The number of alkyl halides is 1. The van der Waals surface area contributed by atoms with Crippen LogP contribution in [0.1, 0.15) is 11.3 Å². The van der Waals surface area contributed by atoms with E-state index in [0.29, 0.717) is 5.88 Å². The van der Waals surface area contributed by atoms with E-state index in [1.54, 1.807) is 6.20 Å². The molecule has 0 unspecified atom stereocenters. The highest BCUT2D eigenvalue weighted by Crippen LogP contribution is 2.23. The lowest BCUT2D eigenvalue weighted by atomic mass is 10.2. The normalized spacial score (nSPS) is 10.1. The number of aromatic nitrogens is 1. The highest BCUT2D eigenvalue weighted by molar-refractivity contribution is 6.17. The number of benzene rings is 1. The maximum absolute atomic E-state index is 5.71. The second-order valence-corrected chi connectivity index (χ2v) is 3.73. The fourth-order valence-corrected chi connectivity index (χ4v) is 1.53. The van der Waals surface area contributed by atoms with Crippen molar-refractivity contribution in [3.8, 4) is 11.5 Å². The van der Waals surface area contributed by atoms with Crippen LogP contribution in [-0.2, 0) is 5.88 Å². The molecule has 0 aliphatic rings. The lowest BCUT2D eigenvalue weighted by Gasteiger charge is -2.07. The molecule has 0 fully saturated rings. The second-order valence-electron chi connectivity index (χ2n) is 3.47. The van der Waals surface area contributed by atoms with Crippen molar-refractivity contribution in [3.05, 3.63) is 53.9 Å². The van der Waals surface area contributed by atoms with E-state index in [2.05, 4.69) is 4.98 Å². The van der Waals surface area contributed by atoms with Crippen LogP contribution in [-0.4, -0.2) is 4.98 Å². The van der Waals surface area contributed by atoms with Gasteiger partial charge in [-0.1, -0.05) is 12.1 Å². The van der Waals surface area contributed by atoms with Crippen LogP contribution in [0.3, 0.4) is 0 Å². The van der Waals surface area contributed by atoms with Gasteiger partial charge in [0, 0.05) is 12.1 Å². The van der Waals surface area contributed by atoms with E-state index in [1.165, 1.54) is 0 Å². The average Bonchev–Trinajstić information content (AvgIpc) is 2.33. The molecule has 0 bridgehead atoms. The molecular weight excluding hydrogens is 222 g/mol. The van der Waals surface area contributed by atoms with Crippen molar-refractivity contribution in [2.45, 2.75) is 12.8 Å². The summed E-state index contributed by atoms with van der Waals surface area (Å²) in [5.74, 6) is 2.10. The number of pyridine rings is 1. The highest BCUT2D eigenvalue weighted by atomic mass is 35.5. The van der Waals surface area contributed by atoms with Gasteiger partial charge in [0.25, 0.3) is 0 Å². The fourth-order valence-electron chi connectivity index (χ4n) is 1.35. The number of halogens is 1. The van der Waals surface area contributed by atoms with E-state index in [1.807, 2.05) is 43.3 Å². The minimum Gasteiger partial charge on any atom is -0.455 e. The van der Waals surface area contributed by atoms with E-state index in [9.17, 15) is 0 Å². The number of hydrogen-bond donors (Lipinski definition) is 0. The Bertz CT molecular complexity index is 468. The van der Waals surface area contributed by atoms with E-state index in [0.717, 1.165) is 22.8 Å². The second kappa shape index (κ2) is 4.99.